The Hall–Kier alpha value is -2.31. The first-order valence-electron chi connectivity index (χ1n) is 12.2. The van der Waals surface area contributed by atoms with Gasteiger partial charge in [-0.2, -0.15) is 4.98 Å². The summed E-state index contributed by atoms with van der Waals surface area (Å²) < 4.78 is 18.3. The van der Waals surface area contributed by atoms with Gasteiger partial charge in [0.05, 0.1) is 18.1 Å². The molecule has 1 aromatic heterocycles. The average molecular weight is 492 g/mol. The van der Waals surface area contributed by atoms with Crippen molar-refractivity contribution in [3.63, 3.8) is 0 Å². The fourth-order valence-electron chi connectivity index (χ4n) is 5.60. The number of carbonyl (C=O) groups excluding carboxylic acids is 1. The summed E-state index contributed by atoms with van der Waals surface area (Å²) in [6.07, 6.45) is 1.98. The number of nitrogens with zero attached hydrogens (tertiary/aromatic N) is 2. The van der Waals surface area contributed by atoms with Gasteiger partial charge in [0.2, 0.25) is 0 Å². The van der Waals surface area contributed by atoms with Crippen LogP contribution in [0.25, 0.3) is 0 Å². The van der Waals surface area contributed by atoms with Crippen LogP contribution in [0.15, 0.2) is 28.7 Å². The second kappa shape index (κ2) is 9.29. The van der Waals surface area contributed by atoms with Crippen molar-refractivity contribution in [1.29, 1.82) is 0 Å². The standard InChI is InChI=1S/C24H33N3O8/c1-12-4-3-8-24(2)20(35-24)19-13(6-5-12)14(22(31)34-19)10-25-16-7-9-27(23(32)26-16)21-18(30)17(29)15(11-28)33-21/h4,7,9,13-15,17-21,28-30H,3,5-6,8,10-11H2,1-2H3,(H,25,26,32)/b12-4+/t13-,14-,15?,17-,18-,19-,20-,21?,24+/m0/s1. The number of esters is 1. The predicted octanol–water partition coefficient (Wildman–Crippen LogP) is 0.102. The van der Waals surface area contributed by atoms with Crippen LogP contribution in [-0.4, -0.2) is 80.1 Å². The number of hydrogen-bond donors (Lipinski definition) is 4. The third-order valence-electron chi connectivity index (χ3n) is 7.86. The molecule has 0 amide bonds. The molecule has 0 saturated carbocycles. The summed E-state index contributed by atoms with van der Waals surface area (Å²) in [5.74, 6) is -0.406. The number of hydrogen-bond acceptors (Lipinski definition) is 10. The molecule has 11 nitrogen and oxygen atoms in total. The van der Waals surface area contributed by atoms with Crippen LogP contribution in [0.2, 0.25) is 0 Å². The molecule has 3 saturated heterocycles. The van der Waals surface area contributed by atoms with Crippen LogP contribution in [0.4, 0.5) is 5.82 Å². The minimum atomic E-state index is -1.38. The van der Waals surface area contributed by atoms with E-state index in [1.54, 1.807) is 0 Å². The molecule has 2 unspecified atom stereocenters. The highest BCUT2D eigenvalue weighted by molar-refractivity contribution is 5.76. The Labute approximate surface area is 202 Å². The molecule has 192 valence electrons. The lowest BCUT2D eigenvalue weighted by Gasteiger charge is -2.22. The van der Waals surface area contributed by atoms with E-state index in [4.69, 9.17) is 14.2 Å². The molecule has 5 rings (SSSR count). The number of fused-ring (bicyclic) bond motifs is 3. The molecule has 0 bridgehead atoms. The summed E-state index contributed by atoms with van der Waals surface area (Å²) in [5, 5.41) is 32.5. The molecule has 4 heterocycles. The van der Waals surface area contributed by atoms with E-state index in [9.17, 15) is 24.9 Å². The number of nitrogens with one attached hydrogen (secondary N) is 1. The van der Waals surface area contributed by atoms with Gasteiger partial charge in [0.1, 0.15) is 36.3 Å². The van der Waals surface area contributed by atoms with E-state index in [-0.39, 0.29) is 42.1 Å². The number of carbonyl (C=O) groups is 1. The SMILES string of the molecule is C/C1=C\CC[C@@]2(C)O[C@H]2[C@H]2OC(=O)[C@@H](CNc3ccn(C4OC(CO)[C@H](O)[C@@H]4O)c(=O)n3)[C@@H]2CC1. The minimum absolute atomic E-state index is 0.0115. The zero-order valence-electron chi connectivity index (χ0n) is 19.9. The van der Waals surface area contributed by atoms with Crippen molar-refractivity contribution in [2.24, 2.45) is 11.8 Å². The Morgan fingerprint density at radius 3 is 2.80 bits per heavy atom. The van der Waals surface area contributed by atoms with Crippen molar-refractivity contribution in [2.45, 2.75) is 81.9 Å². The van der Waals surface area contributed by atoms with Crippen molar-refractivity contribution >= 4 is 11.8 Å². The summed E-state index contributed by atoms with van der Waals surface area (Å²) in [6.45, 7) is 3.96. The maximum atomic E-state index is 12.8. The van der Waals surface area contributed by atoms with Crippen molar-refractivity contribution in [3.8, 4) is 0 Å². The predicted molar refractivity (Wildman–Crippen MR) is 122 cm³/mol. The second-order valence-corrected chi connectivity index (χ2v) is 10.3. The number of anilines is 1. The molecule has 4 N–H and O–H groups in total. The Bertz CT molecular complexity index is 1060. The highest BCUT2D eigenvalue weighted by atomic mass is 16.6. The molecule has 35 heavy (non-hydrogen) atoms. The maximum absolute atomic E-state index is 12.8. The largest absolute Gasteiger partial charge is 0.459 e. The highest BCUT2D eigenvalue weighted by Crippen LogP contribution is 2.50. The van der Waals surface area contributed by atoms with Gasteiger partial charge in [-0.25, -0.2) is 4.79 Å². The fourth-order valence-corrected chi connectivity index (χ4v) is 5.60. The van der Waals surface area contributed by atoms with Crippen LogP contribution in [0.1, 0.15) is 45.8 Å². The van der Waals surface area contributed by atoms with E-state index in [1.807, 2.05) is 0 Å². The number of aliphatic hydroxyl groups is 3. The lowest BCUT2D eigenvalue weighted by molar-refractivity contribution is -0.144. The van der Waals surface area contributed by atoms with Crippen LogP contribution < -0.4 is 11.0 Å². The van der Waals surface area contributed by atoms with Crippen molar-refractivity contribution in [1.82, 2.24) is 9.55 Å². The summed E-state index contributed by atoms with van der Waals surface area (Å²) in [7, 11) is 0. The molecule has 1 aliphatic carbocycles. The number of aliphatic hydroxyl groups excluding tert-OH is 3. The molecule has 9 atom stereocenters. The first-order chi connectivity index (χ1) is 16.7. The second-order valence-electron chi connectivity index (χ2n) is 10.3. The van der Waals surface area contributed by atoms with E-state index in [0.717, 1.165) is 30.3 Å². The van der Waals surface area contributed by atoms with E-state index in [0.29, 0.717) is 0 Å². The lowest BCUT2D eigenvalue weighted by atomic mass is 9.80. The molecule has 4 aliphatic rings. The van der Waals surface area contributed by atoms with Gasteiger partial charge in [0.15, 0.2) is 6.23 Å². The Morgan fingerprint density at radius 2 is 2.09 bits per heavy atom. The van der Waals surface area contributed by atoms with E-state index >= 15 is 0 Å². The molecule has 0 aromatic carbocycles. The maximum Gasteiger partial charge on any atom is 0.351 e. The summed E-state index contributed by atoms with van der Waals surface area (Å²) in [4.78, 5) is 29.4. The van der Waals surface area contributed by atoms with Gasteiger partial charge in [-0.05, 0) is 45.6 Å². The molecule has 0 spiro atoms. The number of epoxide rings is 1. The average Bonchev–Trinajstić information content (AvgIpc) is 3.27. The lowest BCUT2D eigenvalue weighted by Crippen LogP contribution is -2.36. The topological polar surface area (TPSA) is 156 Å². The van der Waals surface area contributed by atoms with Crippen LogP contribution in [0.3, 0.4) is 0 Å². The number of ether oxygens (including phenoxy) is 3. The first kappa shape index (κ1) is 24.4. The molecule has 1 aromatic rings. The normalized spacial score (nSPS) is 42.4. The van der Waals surface area contributed by atoms with Crippen molar-refractivity contribution < 1.29 is 34.3 Å². The van der Waals surface area contributed by atoms with Gasteiger partial charge < -0.3 is 34.8 Å². The van der Waals surface area contributed by atoms with Gasteiger partial charge in [0, 0.05) is 18.7 Å². The Balaban J connectivity index is 1.28. The molecular weight excluding hydrogens is 458 g/mol. The van der Waals surface area contributed by atoms with E-state index < -0.39 is 42.8 Å². The smallest absolute Gasteiger partial charge is 0.351 e. The quantitative estimate of drug-likeness (QED) is 0.253. The summed E-state index contributed by atoms with van der Waals surface area (Å²) in [5.41, 5.74) is 0.340. The van der Waals surface area contributed by atoms with Crippen LogP contribution in [-0.2, 0) is 19.0 Å². The molecule has 3 aliphatic heterocycles. The summed E-state index contributed by atoms with van der Waals surface area (Å²) >= 11 is 0. The third-order valence-corrected chi connectivity index (χ3v) is 7.86. The monoisotopic (exact) mass is 491 g/mol. The van der Waals surface area contributed by atoms with Gasteiger partial charge in [0.25, 0.3) is 0 Å². The first-order valence-corrected chi connectivity index (χ1v) is 12.2. The van der Waals surface area contributed by atoms with Crippen molar-refractivity contribution in [3.05, 3.63) is 34.4 Å². The van der Waals surface area contributed by atoms with E-state index in [2.05, 4.69) is 30.2 Å². The van der Waals surface area contributed by atoms with Crippen molar-refractivity contribution in [2.75, 3.05) is 18.5 Å². The van der Waals surface area contributed by atoms with Gasteiger partial charge in [-0.15, -0.1) is 0 Å². The van der Waals surface area contributed by atoms with Gasteiger partial charge in [-0.3, -0.25) is 9.36 Å². The minimum Gasteiger partial charge on any atom is -0.459 e. The zero-order chi connectivity index (χ0) is 24.9. The number of rotatable bonds is 5. The van der Waals surface area contributed by atoms with Gasteiger partial charge in [-0.1, -0.05) is 11.6 Å². The summed E-state index contributed by atoms with van der Waals surface area (Å²) in [6, 6.07) is 1.54. The molecule has 11 heteroatoms. The van der Waals surface area contributed by atoms with Crippen LogP contribution in [0.5, 0.6) is 0 Å². The molecule has 3 fully saturated rings. The highest BCUT2D eigenvalue weighted by Gasteiger charge is 2.62. The van der Waals surface area contributed by atoms with Crippen LogP contribution in [0, 0.1) is 11.8 Å². The molecule has 0 radical (unpaired) electrons. The Kier molecular flexibility index (Phi) is 6.47. The third kappa shape index (κ3) is 4.51. The van der Waals surface area contributed by atoms with Crippen LogP contribution >= 0.6 is 0 Å². The molecular formula is C24H33N3O8. The van der Waals surface area contributed by atoms with Gasteiger partial charge >= 0.3 is 11.7 Å². The fraction of sp³-hybridized carbons (Fsp3) is 0.708. The zero-order valence-corrected chi connectivity index (χ0v) is 19.9. The Morgan fingerprint density at radius 1 is 1.29 bits per heavy atom. The number of aromatic nitrogens is 2. The van der Waals surface area contributed by atoms with E-state index in [1.165, 1.54) is 17.8 Å². The number of allylic oxidation sites excluding steroid dienone is 2.